The Hall–Kier alpha value is -0.0800. The van der Waals surface area contributed by atoms with Crippen LogP contribution >= 0.6 is 0 Å². The fourth-order valence-electron chi connectivity index (χ4n) is 3.14. The van der Waals surface area contributed by atoms with Crippen LogP contribution in [0.4, 0.5) is 0 Å². The highest BCUT2D eigenvalue weighted by Crippen LogP contribution is 2.25. The normalized spacial score (nSPS) is 25.3. The van der Waals surface area contributed by atoms with Gasteiger partial charge in [-0.3, -0.25) is 0 Å². The van der Waals surface area contributed by atoms with Crippen LogP contribution in [0.25, 0.3) is 0 Å². The summed E-state index contributed by atoms with van der Waals surface area (Å²) < 4.78 is 0. The van der Waals surface area contributed by atoms with Crippen LogP contribution in [0, 0.1) is 5.92 Å². The molecule has 108 valence electrons. The maximum Gasteiger partial charge on any atom is 0.00671 e. The van der Waals surface area contributed by atoms with Crippen molar-refractivity contribution in [1.82, 2.24) is 10.2 Å². The molecule has 1 rings (SSSR count). The third kappa shape index (κ3) is 6.19. The summed E-state index contributed by atoms with van der Waals surface area (Å²) in [5.74, 6) is 1.01. The van der Waals surface area contributed by atoms with Crippen LogP contribution in [-0.2, 0) is 0 Å². The lowest BCUT2D eigenvalue weighted by Gasteiger charge is -2.20. The summed E-state index contributed by atoms with van der Waals surface area (Å²) in [4.78, 5) is 2.52. The highest BCUT2D eigenvalue weighted by Gasteiger charge is 2.16. The molecular weight excluding hydrogens is 220 g/mol. The van der Waals surface area contributed by atoms with Crippen LogP contribution in [0.1, 0.15) is 65.7 Å². The molecule has 18 heavy (non-hydrogen) atoms. The highest BCUT2D eigenvalue weighted by atomic mass is 15.1. The van der Waals surface area contributed by atoms with Crippen LogP contribution in [0.15, 0.2) is 0 Å². The zero-order valence-electron chi connectivity index (χ0n) is 12.9. The van der Waals surface area contributed by atoms with Crippen molar-refractivity contribution < 1.29 is 0 Å². The van der Waals surface area contributed by atoms with E-state index in [1.165, 1.54) is 71.1 Å². The first-order valence-electron chi connectivity index (χ1n) is 8.25. The molecule has 2 atom stereocenters. The molecule has 0 aromatic rings. The van der Waals surface area contributed by atoms with Crippen molar-refractivity contribution in [2.45, 2.75) is 71.8 Å². The van der Waals surface area contributed by atoms with Crippen LogP contribution in [-0.4, -0.2) is 37.1 Å². The van der Waals surface area contributed by atoms with Crippen molar-refractivity contribution in [2.75, 3.05) is 26.2 Å². The average molecular weight is 254 g/mol. The molecule has 0 heterocycles. The van der Waals surface area contributed by atoms with Crippen molar-refractivity contribution in [3.8, 4) is 0 Å². The van der Waals surface area contributed by atoms with Gasteiger partial charge in [0.05, 0.1) is 0 Å². The second kappa shape index (κ2) is 9.80. The Kier molecular flexibility index (Phi) is 8.70. The first kappa shape index (κ1) is 16.0. The Balaban J connectivity index is 2.08. The van der Waals surface area contributed by atoms with Gasteiger partial charge in [-0.05, 0) is 57.8 Å². The van der Waals surface area contributed by atoms with Crippen LogP contribution in [0.3, 0.4) is 0 Å². The zero-order valence-corrected chi connectivity index (χ0v) is 12.9. The van der Waals surface area contributed by atoms with E-state index in [1.54, 1.807) is 0 Å². The van der Waals surface area contributed by atoms with E-state index in [-0.39, 0.29) is 0 Å². The van der Waals surface area contributed by atoms with Crippen molar-refractivity contribution in [3.63, 3.8) is 0 Å². The van der Waals surface area contributed by atoms with Gasteiger partial charge in [0, 0.05) is 6.04 Å². The molecule has 0 aliphatic heterocycles. The predicted octanol–water partition coefficient (Wildman–Crippen LogP) is 3.67. The van der Waals surface area contributed by atoms with Gasteiger partial charge in [-0.15, -0.1) is 0 Å². The molecule has 0 spiro atoms. The minimum absolute atomic E-state index is 0.804. The minimum Gasteiger partial charge on any atom is -0.314 e. The van der Waals surface area contributed by atoms with E-state index in [9.17, 15) is 0 Å². The van der Waals surface area contributed by atoms with Gasteiger partial charge in [-0.1, -0.05) is 40.0 Å². The number of nitrogens with one attached hydrogen (secondary N) is 1. The third-order valence-corrected chi connectivity index (χ3v) is 4.64. The maximum absolute atomic E-state index is 3.78. The van der Waals surface area contributed by atoms with E-state index < -0.39 is 0 Å². The standard InChI is InChI=1S/C16H34N2/c1-4-15-9-7-10-16(12-11-15)17-13-8-14-18(5-2)6-3/h15-17H,4-14H2,1-3H3. The summed E-state index contributed by atoms with van der Waals surface area (Å²) in [6, 6.07) is 0.804. The molecule has 0 aromatic carbocycles. The lowest BCUT2D eigenvalue weighted by molar-refractivity contribution is 0.294. The topological polar surface area (TPSA) is 15.3 Å². The van der Waals surface area contributed by atoms with E-state index in [1.807, 2.05) is 0 Å². The van der Waals surface area contributed by atoms with Gasteiger partial charge in [0.2, 0.25) is 0 Å². The van der Waals surface area contributed by atoms with Gasteiger partial charge >= 0.3 is 0 Å². The minimum atomic E-state index is 0.804. The first-order valence-corrected chi connectivity index (χ1v) is 8.25. The summed E-state index contributed by atoms with van der Waals surface area (Å²) in [5.41, 5.74) is 0. The monoisotopic (exact) mass is 254 g/mol. The lowest BCUT2D eigenvalue weighted by atomic mass is 9.98. The Morgan fingerprint density at radius 2 is 1.78 bits per heavy atom. The molecule has 0 saturated heterocycles. The Morgan fingerprint density at radius 3 is 2.44 bits per heavy atom. The summed E-state index contributed by atoms with van der Waals surface area (Å²) in [7, 11) is 0. The molecule has 1 fully saturated rings. The zero-order chi connectivity index (χ0) is 13.2. The van der Waals surface area contributed by atoms with Crippen LogP contribution in [0.2, 0.25) is 0 Å². The number of hydrogen-bond donors (Lipinski definition) is 1. The summed E-state index contributed by atoms with van der Waals surface area (Å²) in [6.45, 7) is 11.7. The van der Waals surface area contributed by atoms with Gasteiger partial charge in [0.15, 0.2) is 0 Å². The largest absolute Gasteiger partial charge is 0.314 e. The second-order valence-electron chi connectivity index (χ2n) is 5.81. The number of rotatable bonds is 8. The molecule has 1 saturated carbocycles. The van der Waals surface area contributed by atoms with E-state index in [0.29, 0.717) is 0 Å². The van der Waals surface area contributed by atoms with E-state index >= 15 is 0 Å². The van der Waals surface area contributed by atoms with Gasteiger partial charge in [-0.25, -0.2) is 0 Å². The quantitative estimate of drug-likeness (QED) is 0.525. The first-order chi connectivity index (χ1) is 8.80. The van der Waals surface area contributed by atoms with Crippen molar-refractivity contribution in [1.29, 1.82) is 0 Å². The SMILES string of the molecule is CCC1CCCC(NCCCN(CC)CC)CC1. The Bertz CT molecular complexity index is 190. The predicted molar refractivity (Wildman–Crippen MR) is 81.1 cm³/mol. The fourth-order valence-corrected chi connectivity index (χ4v) is 3.14. The average Bonchev–Trinajstić information content (AvgIpc) is 2.64. The van der Waals surface area contributed by atoms with Crippen LogP contribution in [0.5, 0.6) is 0 Å². The highest BCUT2D eigenvalue weighted by molar-refractivity contribution is 4.74. The van der Waals surface area contributed by atoms with Gasteiger partial charge in [0.25, 0.3) is 0 Å². The molecule has 1 aliphatic carbocycles. The smallest absolute Gasteiger partial charge is 0.00671 e. The van der Waals surface area contributed by atoms with Crippen LogP contribution < -0.4 is 5.32 Å². The molecule has 2 nitrogen and oxygen atoms in total. The Morgan fingerprint density at radius 1 is 1.00 bits per heavy atom. The number of hydrogen-bond acceptors (Lipinski definition) is 2. The van der Waals surface area contributed by atoms with Crippen molar-refractivity contribution in [2.24, 2.45) is 5.92 Å². The molecule has 0 radical (unpaired) electrons. The maximum atomic E-state index is 3.78. The lowest BCUT2D eigenvalue weighted by Crippen LogP contribution is -2.32. The van der Waals surface area contributed by atoms with Gasteiger partial charge in [0.1, 0.15) is 0 Å². The van der Waals surface area contributed by atoms with E-state index in [0.717, 1.165) is 12.0 Å². The molecule has 2 unspecified atom stereocenters. The molecule has 0 amide bonds. The second-order valence-corrected chi connectivity index (χ2v) is 5.81. The number of nitrogens with zero attached hydrogens (tertiary/aromatic N) is 1. The van der Waals surface area contributed by atoms with Crippen molar-refractivity contribution >= 4 is 0 Å². The Labute approximate surface area is 115 Å². The summed E-state index contributed by atoms with van der Waals surface area (Å²) >= 11 is 0. The summed E-state index contributed by atoms with van der Waals surface area (Å²) in [5, 5.41) is 3.78. The van der Waals surface area contributed by atoms with E-state index in [2.05, 4.69) is 31.0 Å². The molecule has 0 aromatic heterocycles. The van der Waals surface area contributed by atoms with Gasteiger partial charge < -0.3 is 10.2 Å². The third-order valence-electron chi connectivity index (χ3n) is 4.64. The molecule has 1 N–H and O–H groups in total. The summed E-state index contributed by atoms with van der Waals surface area (Å²) in [6.07, 6.45) is 9.85. The molecule has 2 heteroatoms. The molecule has 0 bridgehead atoms. The van der Waals surface area contributed by atoms with E-state index in [4.69, 9.17) is 0 Å². The van der Waals surface area contributed by atoms with Gasteiger partial charge in [-0.2, -0.15) is 0 Å². The molecular formula is C16H34N2. The van der Waals surface area contributed by atoms with Crippen molar-refractivity contribution in [3.05, 3.63) is 0 Å². The fraction of sp³-hybridized carbons (Fsp3) is 1.00. The molecule has 1 aliphatic rings.